The molecular formula is C8H5F2NO. The predicted octanol–water partition coefficient (Wildman–Crippen LogP) is 1.85. The van der Waals surface area contributed by atoms with Gasteiger partial charge < -0.3 is 4.74 Å². The number of benzene rings is 1. The van der Waals surface area contributed by atoms with Gasteiger partial charge in [-0.1, -0.05) is 0 Å². The second kappa shape index (κ2) is 3.18. The summed E-state index contributed by atoms with van der Waals surface area (Å²) in [6.45, 7) is 0. The fourth-order valence-electron chi connectivity index (χ4n) is 0.794. The van der Waals surface area contributed by atoms with Crippen molar-refractivity contribution in [1.82, 2.24) is 0 Å². The van der Waals surface area contributed by atoms with Crippen molar-refractivity contribution >= 4 is 0 Å². The molecule has 0 bridgehead atoms. The molecule has 0 radical (unpaired) electrons. The summed E-state index contributed by atoms with van der Waals surface area (Å²) in [5.41, 5.74) is -0.355. The molecule has 0 spiro atoms. The van der Waals surface area contributed by atoms with Crippen molar-refractivity contribution in [2.24, 2.45) is 0 Å². The lowest BCUT2D eigenvalue weighted by atomic mass is 10.2. The normalized spacial score (nSPS) is 9.17. The van der Waals surface area contributed by atoms with Crippen LogP contribution in [-0.4, -0.2) is 7.11 Å². The lowest BCUT2D eigenvalue weighted by molar-refractivity contribution is 0.382. The van der Waals surface area contributed by atoms with E-state index in [2.05, 4.69) is 4.74 Å². The van der Waals surface area contributed by atoms with Crippen LogP contribution in [0.3, 0.4) is 0 Å². The molecule has 4 heteroatoms. The molecule has 0 fully saturated rings. The minimum atomic E-state index is -0.832. The summed E-state index contributed by atoms with van der Waals surface area (Å²) in [7, 11) is 1.21. The van der Waals surface area contributed by atoms with Gasteiger partial charge in [0.1, 0.15) is 11.9 Å². The Hall–Kier alpha value is -1.63. The summed E-state index contributed by atoms with van der Waals surface area (Å²) in [6, 6.07) is 3.22. The minimum Gasteiger partial charge on any atom is -0.494 e. The van der Waals surface area contributed by atoms with Crippen molar-refractivity contribution in [3.63, 3.8) is 0 Å². The first-order valence-corrected chi connectivity index (χ1v) is 3.12. The van der Waals surface area contributed by atoms with E-state index in [-0.39, 0.29) is 11.3 Å². The van der Waals surface area contributed by atoms with Crippen molar-refractivity contribution in [2.45, 2.75) is 0 Å². The van der Waals surface area contributed by atoms with Crippen molar-refractivity contribution < 1.29 is 13.5 Å². The van der Waals surface area contributed by atoms with E-state index >= 15 is 0 Å². The maximum absolute atomic E-state index is 12.9. The summed E-state index contributed by atoms with van der Waals surface area (Å²) in [4.78, 5) is 0. The summed E-state index contributed by atoms with van der Waals surface area (Å²) < 4.78 is 30.0. The number of nitrogens with zero attached hydrogens (tertiary/aromatic N) is 1. The molecule has 1 aromatic carbocycles. The van der Waals surface area contributed by atoms with Crippen molar-refractivity contribution in [3.8, 4) is 11.8 Å². The monoisotopic (exact) mass is 169 g/mol. The highest BCUT2D eigenvalue weighted by atomic mass is 19.1. The zero-order valence-electron chi connectivity index (χ0n) is 6.27. The summed E-state index contributed by atoms with van der Waals surface area (Å²) >= 11 is 0. The van der Waals surface area contributed by atoms with Crippen LogP contribution in [0.15, 0.2) is 12.1 Å². The van der Waals surface area contributed by atoms with Gasteiger partial charge in [0.05, 0.1) is 12.7 Å². The molecule has 0 atom stereocenters. The van der Waals surface area contributed by atoms with E-state index in [1.807, 2.05) is 0 Å². The van der Waals surface area contributed by atoms with Crippen LogP contribution in [0.5, 0.6) is 5.75 Å². The Morgan fingerprint density at radius 2 is 2.08 bits per heavy atom. The number of hydrogen-bond donors (Lipinski definition) is 0. The van der Waals surface area contributed by atoms with E-state index in [9.17, 15) is 8.78 Å². The van der Waals surface area contributed by atoms with E-state index in [1.165, 1.54) is 13.2 Å². The van der Waals surface area contributed by atoms with Crippen LogP contribution < -0.4 is 4.74 Å². The Morgan fingerprint density at radius 1 is 1.42 bits per heavy atom. The molecule has 12 heavy (non-hydrogen) atoms. The molecule has 0 saturated carbocycles. The van der Waals surface area contributed by atoms with Crippen LogP contribution in [0.25, 0.3) is 0 Å². The van der Waals surface area contributed by atoms with Crippen molar-refractivity contribution in [3.05, 3.63) is 29.3 Å². The van der Waals surface area contributed by atoms with Gasteiger partial charge in [-0.25, -0.2) is 8.78 Å². The summed E-state index contributed by atoms with van der Waals surface area (Å²) in [5.74, 6) is -1.78. The van der Waals surface area contributed by atoms with Gasteiger partial charge in [0.25, 0.3) is 0 Å². The fraction of sp³-hybridized carbons (Fsp3) is 0.125. The van der Waals surface area contributed by atoms with Gasteiger partial charge in [-0.15, -0.1) is 0 Å². The molecule has 1 rings (SSSR count). The topological polar surface area (TPSA) is 33.0 Å². The Bertz CT molecular complexity index is 344. The number of rotatable bonds is 1. The summed E-state index contributed by atoms with van der Waals surface area (Å²) in [6.07, 6.45) is 0. The molecule has 0 saturated heterocycles. The molecule has 1 aromatic rings. The Labute approximate surface area is 68.0 Å². The van der Waals surface area contributed by atoms with Gasteiger partial charge in [0, 0.05) is 6.07 Å². The molecule has 0 aliphatic carbocycles. The second-order valence-electron chi connectivity index (χ2n) is 2.08. The van der Waals surface area contributed by atoms with Crippen LogP contribution in [0.1, 0.15) is 5.56 Å². The Kier molecular flexibility index (Phi) is 2.24. The SMILES string of the molecule is COc1cc(F)cc(C#N)c1F. The van der Waals surface area contributed by atoms with Crippen LogP contribution in [0.2, 0.25) is 0 Å². The average molecular weight is 169 g/mol. The molecule has 0 aliphatic rings. The van der Waals surface area contributed by atoms with Gasteiger partial charge in [-0.3, -0.25) is 0 Å². The van der Waals surface area contributed by atoms with Gasteiger partial charge in [-0.2, -0.15) is 5.26 Å². The molecular weight excluding hydrogens is 164 g/mol. The smallest absolute Gasteiger partial charge is 0.182 e. The van der Waals surface area contributed by atoms with Crippen molar-refractivity contribution in [1.29, 1.82) is 5.26 Å². The standard InChI is InChI=1S/C8H5F2NO/c1-12-7-3-6(9)2-5(4-11)8(7)10/h2-3H,1H3. The average Bonchev–Trinajstić information content (AvgIpc) is 2.08. The number of nitriles is 1. The number of ether oxygens (including phenoxy) is 1. The number of halogens is 2. The third kappa shape index (κ3) is 1.35. The zero-order chi connectivity index (χ0) is 9.14. The first-order chi connectivity index (χ1) is 5.69. The summed E-state index contributed by atoms with van der Waals surface area (Å²) in [5, 5.41) is 8.35. The largest absolute Gasteiger partial charge is 0.494 e. The van der Waals surface area contributed by atoms with Crippen molar-refractivity contribution in [2.75, 3.05) is 7.11 Å². The highest BCUT2D eigenvalue weighted by Crippen LogP contribution is 2.21. The van der Waals surface area contributed by atoms with Crippen LogP contribution in [0, 0.1) is 23.0 Å². The highest BCUT2D eigenvalue weighted by Gasteiger charge is 2.10. The molecule has 2 nitrogen and oxygen atoms in total. The lowest BCUT2D eigenvalue weighted by Crippen LogP contribution is -1.93. The number of hydrogen-bond acceptors (Lipinski definition) is 2. The Morgan fingerprint density at radius 3 is 2.58 bits per heavy atom. The molecule has 0 heterocycles. The third-order valence-corrected chi connectivity index (χ3v) is 1.34. The van der Waals surface area contributed by atoms with Gasteiger partial charge >= 0.3 is 0 Å². The first-order valence-electron chi connectivity index (χ1n) is 3.12. The van der Waals surface area contributed by atoms with Gasteiger partial charge in [0.2, 0.25) is 0 Å². The molecule has 0 N–H and O–H groups in total. The molecule has 0 amide bonds. The fourth-order valence-corrected chi connectivity index (χ4v) is 0.794. The third-order valence-electron chi connectivity index (χ3n) is 1.34. The van der Waals surface area contributed by atoms with Crippen LogP contribution >= 0.6 is 0 Å². The van der Waals surface area contributed by atoms with E-state index in [4.69, 9.17) is 5.26 Å². The minimum absolute atomic E-state index is 0.258. The molecule has 0 unspecified atom stereocenters. The van der Waals surface area contributed by atoms with E-state index in [1.54, 1.807) is 0 Å². The van der Waals surface area contributed by atoms with Gasteiger partial charge in [-0.05, 0) is 6.07 Å². The highest BCUT2D eigenvalue weighted by molar-refractivity contribution is 5.39. The molecule has 0 aromatic heterocycles. The lowest BCUT2D eigenvalue weighted by Gasteiger charge is -2.01. The van der Waals surface area contributed by atoms with Crippen LogP contribution in [0.4, 0.5) is 8.78 Å². The molecule has 0 aliphatic heterocycles. The second-order valence-corrected chi connectivity index (χ2v) is 2.08. The maximum atomic E-state index is 12.9. The first kappa shape index (κ1) is 8.47. The van der Waals surface area contributed by atoms with Crippen LogP contribution in [-0.2, 0) is 0 Å². The number of methoxy groups -OCH3 is 1. The predicted molar refractivity (Wildman–Crippen MR) is 37.6 cm³/mol. The van der Waals surface area contributed by atoms with Gasteiger partial charge in [0.15, 0.2) is 11.6 Å². The van der Waals surface area contributed by atoms with E-state index in [0.29, 0.717) is 0 Å². The maximum Gasteiger partial charge on any atom is 0.182 e. The molecule has 62 valence electrons. The quantitative estimate of drug-likeness (QED) is 0.642. The van der Waals surface area contributed by atoms with E-state index < -0.39 is 11.6 Å². The Balaban J connectivity index is 3.34. The van der Waals surface area contributed by atoms with E-state index in [0.717, 1.165) is 12.1 Å². The zero-order valence-corrected chi connectivity index (χ0v) is 6.27.